The number of fused-ring (bicyclic) bond motifs is 1. The Hall–Kier alpha value is -2.44. The van der Waals surface area contributed by atoms with Crippen LogP contribution in [0.25, 0.3) is 0 Å². The first-order valence-corrected chi connectivity index (χ1v) is 7.18. The number of nitrogens with one attached hydrogen (secondary N) is 1. The van der Waals surface area contributed by atoms with E-state index in [-0.39, 0.29) is 12.1 Å². The molecule has 2 aromatic rings. The molecule has 0 saturated carbocycles. The van der Waals surface area contributed by atoms with Crippen LogP contribution in [0.1, 0.15) is 35.8 Å². The third-order valence-corrected chi connectivity index (χ3v) is 4.27. The van der Waals surface area contributed by atoms with Crippen molar-refractivity contribution in [2.75, 3.05) is 6.54 Å². The van der Waals surface area contributed by atoms with Gasteiger partial charge in [0.2, 0.25) is 0 Å². The summed E-state index contributed by atoms with van der Waals surface area (Å²) in [6, 6.07) is 8.22. The summed E-state index contributed by atoms with van der Waals surface area (Å²) < 4.78 is 0. The molecule has 0 spiro atoms. The topological polar surface area (TPSA) is 78.0 Å². The predicted molar refractivity (Wildman–Crippen MR) is 73.9 cm³/mol. The molecular weight excluding hydrogens is 268 g/mol. The normalized spacial score (nSPS) is 20.9. The van der Waals surface area contributed by atoms with Crippen molar-refractivity contribution >= 4 is 6.03 Å². The van der Waals surface area contributed by atoms with Crippen molar-refractivity contribution in [2.45, 2.75) is 32.0 Å². The Morgan fingerprint density at radius 1 is 1.24 bits per heavy atom. The molecule has 2 aliphatic heterocycles. The average Bonchev–Trinajstić information content (AvgIpc) is 3.23. The first-order chi connectivity index (χ1) is 10.3. The quantitative estimate of drug-likeness (QED) is 0.860. The number of aromatic nitrogens is 4. The Morgan fingerprint density at radius 3 is 2.67 bits per heavy atom. The lowest BCUT2D eigenvalue weighted by Gasteiger charge is -2.27. The lowest BCUT2D eigenvalue weighted by molar-refractivity contribution is 0.146. The molecule has 1 unspecified atom stereocenters. The zero-order valence-corrected chi connectivity index (χ0v) is 11.6. The lowest BCUT2D eigenvalue weighted by Crippen LogP contribution is -2.40. The molecule has 1 fully saturated rings. The van der Waals surface area contributed by atoms with Crippen LogP contribution in [0.3, 0.4) is 0 Å². The summed E-state index contributed by atoms with van der Waals surface area (Å²) in [5, 5.41) is 14.1. The van der Waals surface area contributed by atoms with Gasteiger partial charge < -0.3 is 9.80 Å². The van der Waals surface area contributed by atoms with Crippen molar-refractivity contribution in [3.8, 4) is 0 Å². The SMILES string of the molecule is O=C(N1Cc2ccccc2C1)N1CCCC1c1nn[nH]n1. The molecule has 1 aromatic carbocycles. The summed E-state index contributed by atoms with van der Waals surface area (Å²) >= 11 is 0. The summed E-state index contributed by atoms with van der Waals surface area (Å²) in [4.78, 5) is 16.6. The van der Waals surface area contributed by atoms with Crippen molar-refractivity contribution in [1.29, 1.82) is 0 Å². The number of nitrogens with zero attached hydrogens (tertiary/aromatic N) is 5. The Bertz CT molecular complexity index is 630. The Morgan fingerprint density at radius 2 is 2.00 bits per heavy atom. The van der Waals surface area contributed by atoms with E-state index in [1.54, 1.807) is 0 Å². The maximum absolute atomic E-state index is 12.8. The third-order valence-electron chi connectivity index (χ3n) is 4.27. The number of amides is 2. The predicted octanol–water partition coefficient (Wildman–Crippen LogP) is 1.47. The number of carbonyl (C=O) groups excluding carboxylic acids is 1. The second kappa shape index (κ2) is 4.83. The monoisotopic (exact) mass is 284 g/mol. The van der Waals surface area contributed by atoms with Crippen molar-refractivity contribution in [3.05, 3.63) is 41.2 Å². The van der Waals surface area contributed by atoms with Crippen LogP contribution >= 0.6 is 0 Å². The molecule has 108 valence electrons. The average molecular weight is 284 g/mol. The van der Waals surface area contributed by atoms with Gasteiger partial charge in [-0.25, -0.2) is 4.79 Å². The Labute approximate surface area is 121 Å². The maximum Gasteiger partial charge on any atom is 0.321 e. The van der Waals surface area contributed by atoms with Crippen LogP contribution in [-0.2, 0) is 13.1 Å². The van der Waals surface area contributed by atoms with Crippen LogP contribution in [0.15, 0.2) is 24.3 Å². The highest BCUT2D eigenvalue weighted by Crippen LogP contribution is 2.32. The fraction of sp³-hybridized carbons (Fsp3) is 0.429. The summed E-state index contributed by atoms with van der Waals surface area (Å²) in [5.74, 6) is 0.609. The van der Waals surface area contributed by atoms with Gasteiger partial charge in [-0.15, -0.1) is 10.2 Å². The van der Waals surface area contributed by atoms with E-state index in [9.17, 15) is 4.79 Å². The highest BCUT2D eigenvalue weighted by Gasteiger charge is 2.36. The van der Waals surface area contributed by atoms with Gasteiger partial charge in [0, 0.05) is 19.6 Å². The zero-order valence-electron chi connectivity index (χ0n) is 11.6. The zero-order chi connectivity index (χ0) is 14.2. The van der Waals surface area contributed by atoms with Crippen LogP contribution in [-0.4, -0.2) is 43.0 Å². The molecule has 3 heterocycles. The van der Waals surface area contributed by atoms with Gasteiger partial charge in [0.1, 0.15) is 0 Å². The number of hydrogen-bond donors (Lipinski definition) is 1. The second-order valence-corrected chi connectivity index (χ2v) is 5.53. The minimum Gasteiger partial charge on any atom is -0.316 e. The molecule has 0 radical (unpaired) electrons. The van der Waals surface area contributed by atoms with Crippen molar-refractivity contribution in [3.63, 3.8) is 0 Å². The van der Waals surface area contributed by atoms with Crippen LogP contribution in [0, 0.1) is 0 Å². The molecule has 0 aliphatic carbocycles. The molecule has 2 aliphatic rings. The number of H-pyrrole nitrogens is 1. The van der Waals surface area contributed by atoms with Crippen molar-refractivity contribution in [1.82, 2.24) is 30.4 Å². The molecule has 1 aromatic heterocycles. The lowest BCUT2D eigenvalue weighted by atomic mass is 10.1. The molecular formula is C14H16N6O. The van der Waals surface area contributed by atoms with E-state index in [0.29, 0.717) is 18.9 Å². The summed E-state index contributed by atoms with van der Waals surface area (Å²) in [6.07, 6.45) is 1.87. The third kappa shape index (κ3) is 2.05. The van der Waals surface area contributed by atoms with Gasteiger partial charge in [-0.3, -0.25) is 0 Å². The first kappa shape index (κ1) is 12.3. The largest absolute Gasteiger partial charge is 0.321 e. The number of hydrogen-bond acceptors (Lipinski definition) is 4. The van der Waals surface area contributed by atoms with E-state index >= 15 is 0 Å². The van der Waals surface area contributed by atoms with Gasteiger partial charge in [-0.2, -0.15) is 5.21 Å². The minimum atomic E-state index is -0.0556. The van der Waals surface area contributed by atoms with Crippen LogP contribution in [0.4, 0.5) is 4.79 Å². The fourth-order valence-corrected chi connectivity index (χ4v) is 3.22. The van der Waals surface area contributed by atoms with Gasteiger partial charge in [0.05, 0.1) is 6.04 Å². The minimum absolute atomic E-state index is 0.0556. The van der Waals surface area contributed by atoms with E-state index in [1.807, 2.05) is 21.9 Å². The molecule has 4 rings (SSSR count). The van der Waals surface area contributed by atoms with Crippen LogP contribution in [0.2, 0.25) is 0 Å². The van der Waals surface area contributed by atoms with E-state index < -0.39 is 0 Å². The second-order valence-electron chi connectivity index (χ2n) is 5.53. The van der Waals surface area contributed by atoms with Gasteiger partial charge >= 0.3 is 6.03 Å². The molecule has 0 bridgehead atoms. The van der Waals surface area contributed by atoms with Gasteiger partial charge in [0.25, 0.3) is 0 Å². The van der Waals surface area contributed by atoms with Crippen LogP contribution < -0.4 is 0 Å². The molecule has 1 N–H and O–H groups in total. The van der Waals surface area contributed by atoms with Crippen molar-refractivity contribution < 1.29 is 4.79 Å². The molecule has 1 saturated heterocycles. The van der Waals surface area contributed by atoms with Gasteiger partial charge in [0.15, 0.2) is 5.82 Å². The summed E-state index contributed by atoms with van der Waals surface area (Å²) in [6.45, 7) is 2.12. The number of aromatic amines is 1. The molecule has 21 heavy (non-hydrogen) atoms. The number of carbonyl (C=O) groups is 1. The van der Waals surface area contributed by atoms with Gasteiger partial charge in [-0.1, -0.05) is 29.5 Å². The highest BCUT2D eigenvalue weighted by atomic mass is 16.2. The van der Waals surface area contributed by atoms with E-state index in [4.69, 9.17) is 0 Å². The number of benzene rings is 1. The highest BCUT2D eigenvalue weighted by molar-refractivity contribution is 5.76. The maximum atomic E-state index is 12.8. The number of likely N-dealkylation sites (tertiary alicyclic amines) is 1. The first-order valence-electron chi connectivity index (χ1n) is 7.18. The summed E-state index contributed by atoms with van der Waals surface area (Å²) in [5.41, 5.74) is 2.47. The Kier molecular flexibility index (Phi) is 2.83. The number of urea groups is 1. The smallest absolute Gasteiger partial charge is 0.316 e. The van der Waals surface area contributed by atoms with E-state index in [2.05, 4.69) is 32.8 Å². The standard InChI is InChI=1S/C14H16N6O/c21-14(19-8-10-4-1-2-5-11(10)9-19)20-7-3-6-12(20)13-15-17-18-16-13/h1-2,4-5,12H,3,6-9H2,(H,15,16,17,18). The molecule has 1 atom stereocenters. The molecule has 7 nitrogen and oxygen atoms in total. The van der Waals surface area contributed by atoms with Crippen molar-refractivity contribution in [2.24, 2.45) is 0 Å². The number of tetrazole rings is 1. The molecule has 2 amide bonds. The van der Waals surface area contributed by atoms with Crippen LogP contribution in [0.5, 0.6) is 0 Å². The fourth-order valence-electron chi connectivity index (χ4n) is 3.22. The number of rotatable bonds is 1. The molecule has 7 heteroatoms. The summed E-state index contributed by atoms with van der Waals surface area (Å²) in [7, 11) is 0. The van der Waals surface area contributed by atoms with E-state index in [1.165, 1.54) is 11.1 Å². The van der Waals surface area contributed by atoms with E-state index in [0.717, 1.165) is 19.4 Å². The van der Waals surface area contributed by atoms with Gasteiger partial charge in [-0.05, 0) is 24.0 Å². The Balaban J connectivity index is 1.53.